The highest BCUT2D eigenvalue weighted by Gasteiger charge is 2.22. The highest BCUT2D eigenvalue weighted by molar-refractivity contribution is 5.93. The van der Waals surface area contributed by atoms with E-state index < -0.39 is 0 Å². The Hall–Kier alpha value is -1.62. The molecular formula is C13H18N2O3. The van der Waals surface area contributed by atoms with Crippen LogP contribution in [0.4, 0.5) is 0 Å². The molecule has 0 bridgehead atoms. The van der Waals surface area contributed by atoms with Gasteiger partial charge in [-0.2, -0.15) is 0 Å². The Morgan fingerprint density at radius 3 is 2.67 bits per heavy atom. The first-order valence-corrected chi connectivity index (χ1v) is 6.24. The number of pyridine rings is 1. The average molecular weight is 250 g/mol. The highest BCUT2D eigenvalue weighted by atomic mass is 16.3. The zero-order valence-corrected chi connectivity index (χ0v) is 10.4. The molecule has 1 fully saturated rings. The lowest BCUT2D eigenvalue weighted by Crippen LogP contribution is -2.40. The molecule has 5 nitrogen and oxygen atoms in total. The molecule has 5 heteroatoms. The number of rotatable bonds is 2. The molecule has 3 N–H and O–H groups in total. The van der Waals surface area contributed by atoms with Crippen molar-refractivity contribution in [3.05, 3.63) is 33.7 Å². The molecule has 0 saturated heterocycles. The van der Waals surface area contributed by atoms with Gasteiger partial charge in [0.1, 0.15) is 5.56 Å². The second-order valence-corrected chi connectivity index (χ2v) is 4.87. The second kappa shape index (κ2) is 5.35. The van der Waals surface area contributed by atoms with Gasteiger partial charge in [-0.25, -0.2) is 0 Å². The summed E-state index contributed by atoms with van der Waals surface area (Å²) in [5.41, 5.74) is 0.614. The van der Waals surface area contributed by atoms with Gasteiger partial charge < -0.3 is 15.4 Å². The number of aromatic nitrogens is 1. The SMILES string of the molecule is Cc1cc(=O)c(C(=O)NC2CCC(O)CC2)c[nH]1. The van der Waals surface area contributed by atoms with Crippen molar-refractivity contribution in [1.29, 1.82) is 0 Å². The third-order valence-corrected chi connectivity index (χ3v) is 3.33. The smallest absolute Gasteiger partial charge is 0.256 e. The van der Waals surface area contributed by atoms with Gasteiger partial charge >= 0.3 is 0 Å². The van der Waals surface area contributed by atoms with E-state index in [-0.39, 0.29) is 29.0 Å². The number of nitrogens with one attached hydrogen (secondary N) is 2. The van der Waals surface area contributed by atoms with E-state index in [4.69, 9.17) is 0 Å². The zero-order chi connectivity index (χ0) is 13.1. The van der Waals surface area contributed by atoms with Gasteiger partial charge in [0.15, 0.2) is 5.43 Å². The number of hydrogen-bond donors (Lipinski definition) is 3. The normalized spacial score (nSPS) is 23.7. The number of hydrogen-bond acceptors (Lipinski definition) is 3. The fourth-order valence-corrected chi connectivity index (χ4v) is 2.23. The van der Waals surface area contributed by atoms with Gasteiger partial charge in [0, 0.05) is 24.0 Å². The lowest BCUT2D eigenvalue weighted by molar-refractivity contribution is 0.0866. The maximum Gasteiger partial charge on any atom is 0.256 e. The maximum absolute atomic E-state index is 11.9. The van der Waals surface area contributed by atoms with Gasteiger partial charge in [-0.15, -0.1) is 0 Å². The Balaban J connectivity index is 2.01. The largest absolute Gasteiger partial charge is 0.393 e. The minimum atomic E-state index is -0.336. The Bertz CT molecular complexity index is 487. The summed E-state index contributed by atoms with van der Waals surface area (Å²) in [4.78, 5) is 26.5. The number of aliphatic hydroxyl groups excluding tert-OH is 1. The van der Waals surface area contributed by atoms with E-state index in [2.05, 4.69) is 10.3 Å². The first kappa shape index (κ1) is 12.8. The molecular weight excluding hydrogens is 232 g/mol. The molecule has 0 aliphatic heterocycles. The van der Waals surface area contributed by atoms with Crippen molar-refractivity contribution in [2.24, 2.45) is 0 Å². The van der Waals surface area contributed by atoms with Crippen LogP contribution in [0.25, 0.3) is 0 Å². The first-order chi connectivity index (χ1) is 8.56. The van der Waals surface area contributed by atoms with E-state index in [9.17, 15) is 14.7 Å². The van der Waals surface area contributed by atoms with Crippen LogP contribution in [0.5, 0.6) is 0 Å². The molecule has 0 radical (unpaired) electrons. The predicted molar refractivity (Wildman–Crippen MR) is 67.5 cm³/mol. The van der Waals surface area contributed by atoms with Gasteiger partial charge in [0.05, 0.1) is 6.10 Å². The van der Waals surface area contributed by atoms with Crippen LogP contribution in [-0.4, -0.2) is 28.1 Å². The van der Waals surface area contributed by atoms with E-state index in [0.29, 0.717) is 12.8 Å². The van der Waals surface area contributed by atoms with E-state index in [1.807, 2.05) is 0 Å². The Kier molecular flexibility index (Phi) is 3.81. The second-order valence-electron chi connectivity index (χ2n) is 4.87. The number of carbonyl (C=O) groups is 1. The van der Waals surface area contributed by atoms with Gasteiger partial charge in [-0.1, -0.05) is 0 Å². The number of amides is 1. The van der Waals surface area contributed by atoms with Crippen molar-refractivity contribution >= 4 is 5.91 Å². The van der Waals surface area contributed by atoms with E-state index in [1.165, 1.54) is 12.3 Å². The fourth-order valence-electron chi connectivity index (χ4n) is 2.23. The molecule has 0 spiro atoms. The molecule has 98 valence electrons. The zero-order valence-electron chi connectivity index (χ0n) is 10.4. The molecule has 1 amide bonds. The highest BCUT2D eigenvalue weighted by Crippen LogP contribution is 2.18. The van der Waals surface area contributed by atoms with Crippen LogP contribution in [0.1, 0.15) is 41.7 Å². The minimum Gasteiger partial charge on any atom is -0.393 e. The van der Waals surface area contributed by atoms with Crippen LogP contribution in [0.15, 0.2) is 17.1 Å². The standard InChI is InChI=1S/C13H18N2O3/c1-8-6-12(17)11(7-14-8)13(18)15-9-2-4-10(16)5-3-9/h6-7,9-10,16H,2-5H2,1H3,(H,14,17)(H,15,18). The van der Waals surface area contributed by atoms with E-state index in [1.54, 1.807) is 6.92 Å². The lowest BCUT2D eigenvalue weighted by atomic mass is 9.93. The number of carbonyl (C=O) groups excluding carboxylic acids is 1. The monoisotopic (exact) mass is 250 g/mol. The molecule has 0 atom stereocenters. The van der Waals surface area contributed by atoms with Crippen LogP contribution < -0.4 is 10.7 Å². The topological polar surface area (TPSA) is 82.2 Å². The Morgan fingerprint density at radius 1 is 1.39 bits per heavy atom. The van der Waals surface area contributed by atoms with Crippen molar-refractivity contribution in [2.75, 3.05) is 0 Å². The molecule has 2 rings (SSSR count). The summed E-state index contributed by atoms with van der Waals surface area (Å²) in [6.45, 7) is 1.77. The van der Waals surface area contributed by atoms with Crippen LogP contribution in [0, 0.1) is 6.92 Å². The van der Waals surface area contributed by atoms with Crippen LogP contribution in [0.2, 0.25) is 0 Å². The fraction of sp³-hybridized carbons (Fsp3) is 0.538. The summed E-state index contributed by atoms with van der Waals surface area (Å²) in [7, 11) is 0. The minimum absolute atomic E-state index is 0.0570. The molecule has 1 aromatic rings. The number of aliphatic hydroxyl groups is 1. The van der Waals surface area contributed by atoms with Crippen molar-refractivity contribution < 1.29 is 9.90 Å². The van der Waals surface area contributed by atoms with Gasteiger partial charge in [0.25, 0.3) is 5.91 Å². The van der Waals surface area contributed by atoms with Gasteiger partial charge in [-0.3, -0.25) is 9.59 Å². The molecule has 1 heterocycles. The van der Waals surface area contributed by atoms with Crippen molar-refractivity contribution in [3.8, 4) is 0 Å². The third-order valence-electron chi connectivity index (χ3n) is 3.33. The van der Waals surface area contributed by atoms with Crippen LogP contribution >= 0.6 is 0 Å². The Morgan fingerprint density at radius 2 is 2.06 bits per heavy atom. The maximum atomic E-state index is 11.9. The lowest BCUT2D eigenvalue weighted by Gasteiger charge is -2.26. The average Bonchev–Trinajstić information content (AvgIpc) is 2.32. The van der Waals surface area contributed by atoms with Crippen molar-refractivity contribution in [1.82, 2.24) is 10.3 Å². The summed E-state index contributed by atoms with van der Waals surface area (Å²) >= 11 is 0. The summed E-state index contributed by atoms with van der Waals surface area (Å²) in [6, 6.07) is 1.47. The Labute approximate surface area is 105 Å². The summed E-state index contributed by atoms with van der Waals surface area (Å²) in [5.74, 6) is -0.336. The van der Waals surface area contributed by atoms with Crippen LogP contribution in [0.3, 0.4) is 0 Å². The molecule has 1 aliphatic carbocycles. The van der Waals surface area contributed by atoms with Gasteiger partial charge in [0.2, 0.25) is 0 Å². The molecule has 1 saturated carbocycles. The molecule has 1 aromatic heterocycles. The van der Waals surface area contributed by atoms with Crippen LogP contribution in [-0.2, 0) is 0 Å². The number of aromatic amines is 1. The van der Waals surface area contributed by atoms with Crippen molar-refractivity contribution in [2.45, 2.75) is 44.8 Å². The summed E-state index contributed by atoms with van der Waals surface area (Å²) in [6.07, 6.45) is 4.13. The molecule has 0 unspecified atom stereocenters. The van der Waals surface area contributed by atoms with Crippen molar-refractivity contribution in [3.63, 3.8) is 0 Å². The molecule has 18 heavy (non-hydrogen) atoms. The number of aryl methyl sites for hydroxylation is 1. The van der Waals surface area contributed by atoms with E-state index in [0.717, 1.165) is 18.5 Å². The third kappa shape index (κ3) is 2.98. The molecule has 0 aromatic carbocycles. The predicted octanol–water partition coefficient (Wildman–Crippen LogP) is 0.717. The molecule has 1 aliphatic rings. The van der Waals surface area contributed by atoms with Gasteiger partial charge in [-0.05, 0) is 32.6 Å². The quantitative estimate of drug-likeness (QED) is 0.723. The number of H-pyrrole nitrogens is 1. The summed E-state index contributed by atoms with van der Waals surface area (Å²) in [5, 5.41) is 12.2. The summed E-state index contributed by atoms with van der Waals surface area (Å²) < 4.78 is 0. The van der Waals surface area contributed by atoms with E-state index >= 15 is 0 Å². The first-order valence-electron chi connectivity index (χ1n) is 6.24.